The summed E-state index contributed by atoms with van der Waals surface area (Å²) in [7, 11) is 0. The molecule has 1 aromatic heterocycles. The van der Waals surface area contributed by atoms with Crippen LogP contribution in [0.2, 0.25) is 0 Å². The number of carbonyl (C=O) groups is 1. The van der Waals surface area contributed by atoms with Crippen LogP contribution in [0.3, 0.4) is 0 Å². The summed E-state index contributed by atoms with van der Waals surface area (Å²) in [6.45, 7) is 7.24. The van der Waals surface area contributed by atoms with Gasteiger partial charge in [0, 0.05) is 13.3 Å². The van der Waals surface area contributed by atoms with Gasteiger partial charge in [-0.05, 0) is 13.3 Å². The number of hydrogen-bond donors (Lipinski definition) is 0. The second kappa shape index (κ2) is 11.3. The number of unbranched alkanes of at least 4 members (excludes halogenated alkanes) is 8. The smallest absolute Gasteiger partial charge is 0.256 e. The van der Waals surface area contributed by atoms with Crippen LogP contribution >= 0.6 is 0 Å². The third kappa shape index (κ3) is 7.19. The Hall–Kier alpha value is -1.32. The number of rotatable bonds is 13. The molecule has 0 bridgehead atoms. The van der Waals surface area contributed by atoms with Crippen molar-refractivity contribution in [2.24, 2.45) is 0 Å². The van der Waals surface area contributed by atoms with Crippen LogP contribution in [-0.2, 0) is 24.3 Å². The van der Waals surface area contributed by atoms with Crippen molar-refractivity contribution in [2.75, 3.05) is 0 Å². The van der Waals surface area contributed by atoms with Crippen LogP contribution in [0.1, 0.15) is 83.2 Å². The highest BCUT2D eigenvalue weighted by Gasteiger charge is 2.19. The molecule has 0 aliphatic carbocycles. The standard InChI is InChI=1S/C19H34N2O2/c1-4-6-7-8-9-10-11-12-13-14-18-20(16-19(22)23)15-17(3)21(18)5-2/h15H,4-14,16H2,1-3H3. The molecule has 0 atom stereocenters. The molecule has 1 aromatic rings. The topological polar surface area (TPSA) is 48.9 Å². The lowest BCUT2D eigenvalue weighted by atomic mass is 10.1. The van der Waals surface area contributed by atoms with Gasteiger partial charge in [-0.1, -0.05) is 58.3 Å². The zero-order chi connectivity index (χ0) is 17.1. The molecule has 0 aromatic carbocycles. The van der Waals surface area contributed by atoms with Crippen LogP contribution in [0.25, 0.3) is 0 Å². The molecule has 23 heavy (non-hydrogen) atoms. The third-order valence-corrected chi connectivity index (χ3v) is 4.53. The van der Waals surface area contributed by atoms with E-state index in [9.17, 15) is 9.90 Å². The van der Waals surface area contributed by atoms with Gasteiger partial charge in [-0.15, -0.1) is 0 Å². The monoisotopic (exact) mass is 322 g/mol. The van der Waals surface area contributed by atoms with Crippen molar-refractivity contribution in [3.8, 4) is 0 Å². The Kier molecular flexibility index (Phi) is 9.65. The van der Waals surface area contributed by atoms with Gasteiger partial charge >= 0.3 is 0 Å². The van der Waals surface area contributed by atoms with Gasteiger partial charge in [0.25, 0.3) is 5.82 Å². The molecule has 4 heteroatoms. The molecule has 0 fully saturated rings. The number of nitrogens with zero attached hydrogens (tertiary/aromatic N) is 2. The average molecular weight is 322 g/mol. The molecule has 1 heterocycles. The lowest BCUT2D eigenvalue weighted by Crippen LogP contribution is -2.45. The van der Waals surface area contributed by atoms with Gasteiger partial charge in [-0.3, -0.25) is 0 Å². The maximum absolute atomic E-state index is 10.9. The second-order valence-electron chi connectivity index (χ2n) is 6.51. The summed E-state index contributed by atoms with van der Waals surface area (Å²) < 4.78 is 4.06. The van der Waals surface area contributed by atoms with E-state index in [1.807, 2.05) is 17.7 Å². The van der Waals surface area contributed by atoms with Crippen molar-refractivity contribution in [1.29, 1.82) is 0 Å². The zero-order valence-electron chi connectivity index (χ0n) is 15.3. The molecule has 0 saturated carbocycles. The van der Waals surface area contributed by atoms with Gasteiger partial charge in [0.2, 0.25) is 0 Å². The van der Waals surface area contributed by atoms with Gasteiger partial charge in [0.15, 0.2) is 0 Å². The Morgan fingerprint density at radius 3 is 2.13 bits per heavy atom. The summed E-state index contributed by atoms with van der Waals surface area (Å²) in [5.74, 6) is 0.105. The summed E-state index contributed by atoms with van der Waals surface area (Å²) in [5, 5.41) is 10.9. The fraction of sp³-hybridized carbons (Fsp3) is 0.789. The van der Waals surface area contributed by atoms with Crippen molar-refractivity contribution in [1.82, 2.24) is 4.57 Å². The summed E-state index contributed by atoms with van der Waals surface area (Å²) >= 11 is 0. The minimum Gasteiger partial charge on any atom is -0.546 e. The Balaban J connectivity index is 2.34. The number of carboxylic acids is 1. The average Bonchev–Trinajstić information content (AvgIpc) is 2.79. The third-order valence-electron chi connectivity index (χ3n) is 4.53. The maximum atomic E-state index is 10.9. The number of aromatic nitrogens is 2. The highest BCUT2D eigenvalue weighted by Crippen LogP contribution is 2.12. The van der Waals surface area contributed by atoms with Crippen molar-refractivity contribution >= 4 is 5.97 Å². The van der Waals surface area contributed by atoms with E-state index in [4.69, 9.17) is 0 Å². The summed E-state index contributed by atoms with van der Waals surface area (Å²) in [6.07, 6.45) is 14.6. The quantitative estimate of drug-likeness (QED) is 0.414. The predicted molar refractivity (Wildman–Crippen MR) is 91.0 cm³/mol. The summed E-state index contributed by atoms with van der Waals surface area (Å²) in [5.41, 5.74) is 1.12. The van der Waals surface area contributed by atoms with Gasteiger partial charge in [-0.25, -0.2) is 9.13 Å². The normalized spacial score (nSPS) is 11.1. The number of aryl methyl sites for hydroxylation is 1. The Morgan fingerprint density at radius 1 is 1.04 bits per heavy atom. The zero-order valence-corrected chi connectivity index (χ0v) is 15.3. The van der Waals surface area contributed by atoms with E-state index in [1.54, 1.807) is 0 Å². The number of aliphatic carboxylic acids is 1. The van der Waals surface area contributed by atoms with Gasteiger partial charge in [0.1, 0.15) is 18.4 Å². The SMILES string of the molecule is CCCCCCCCCCCc1n(CC)c(C)c[n+]1CC(=O)[O-]. The highest BCUT2D eigenvalue weighted by molar-refractivity contribution is 5.62. The molecular formula is C19H34N2O2. The fourth-order valence-corrected chi connectivity index (χ4v) is 3.31. The molecular weight excluding hydrogens is 288 g/mol. The molecule has 0 aliphatic heterocycles. The number of carboxylic acid groups (broad SMARTS) is 1. The second-order valence-corrected chi connectivity index (χ2v) is 6.51. The first-order chi connectivity index (χ1) is 11.1. The summed E-state index contributed by atoms with van der Waals surface area (Å²) in [6, 6.07) is 0. The van der Waals surface area contributed by atoms with Crippen molar-refractivity contribution in [2.45, 2.75) is 98.1 Å². The van der Waals surface area contributed by atoms with Crippen LogP contribution in [0.4, 0.5) is 0 Å². The molecule has 0 saturated heterocycles. The molecule has 1 rings (SSSR count). The van der Waals surface area contributed by atoms with Gasteiger partial charge in [0.05, 0.1) is 12.5 Å². The van der Waals surface area contributed by atoms with E-state index in [2.05, 4.69) is 18.4 Å². The number of imidazole rings is 1. The van der Waals surface area contributed by atoms with Crippen LogP contribution in [0.5, 0.6) is 0 Å². The molecule has 0 spiro atoms. The van der Waals surface area contributed by atoms with E-state index in [0.717, 1.165) is 30.9 Å². The first kappa shape index (κ1) is 19.7. The van der Waals surface area contributed by atoms with E-state index in [1.165, 1.54) is 51.4 Å². The van der Waals surface area contributed by atoms with Gasteiger partial charge in [-0.2, -0.15) is 0 Å². The van der Waals surface area contributed by atoms with Crippen molar-refractivity contribution in [3.63, 3.8) is 0 Å². The molecule has 0 aliphatic rings. The summed E-state index contributed by atoms with van der Waals surface area (Å²) in [4.78, 5) is 10.9. The Morgan fingerprint density at radius 2 is 1.61 bits per heavy atom. The van der Waals surface area contributed by atoms with E-state index >= 15 is 0 Å². The van der Waals surface area contributed by atoms with Crippen LogP contribution in [0.15, 0.2) is 6.20 Å². The highest BCUT2D eigenvalue weighted by atomic mass is 16.4. The number of hydrogen-bond acceptors (Lipinski definition) is 2. The van der Waals surface area contributed by atoms with Crippen LogP contribution < -0.4 is 9.67 Å². The fourth-order valence-electron chi connectivity index (χ4n) is 3.31. The number of carbonyl (C=O) groups excluding carboxylic acids is 1. The lowest BCUT2D eigenvalue weighted by Gasteiger charge is -2.05. The molecule has 0 radical (unpaired) electrons. The molecule has 4 nitrogen and oxygen atoms in total. The largest absolute Gasteiger partial charge is 0.546 e. The van der Waals surface area contributed by atoms with Crippen molar-refractivity contribution < 1.29 is 14.5 Å². The maximum Gasteiger partial charge on any atom is 0.256 e. The first-order valence-electron chi connectivity index (χ1n) is 9.38. The van der Waals surface area contributed by atoms with Crippen LogP contribution in [-0.4, -0.2) is 10.5 Å². The molecule has 132 valence electrons. The first-order valence-corrected chi connectivity index (χ1v) is 9.38. The Labute approximate surface area is 141 Å². The lowest BCUT2D eigenvalue weighted by molar-refractivity contribution is -0.697. The molecule has 0 N–H and O–H groups in total. The van der Waals surface area contributed by atoms with Crippen molar-refractivity contribution in [3.05, 3.63) is 17.7 Å². The van der Waals surface area contributed by atoms with E-state index in [-0.39, 0.29) is 6.54 Å². The molecule has 0 unspecified atom stereocenters. The minimum atomic E-state index is -1.02. The van der Waals surface area contributed by atoms with E-state index in [0.29, 0.717) is 0 Å². The predicted octanol–water partition coefficient (Wildman–Crippen LogP) is 2.93. The van der Waals surface area contributed by atoms with Crippen LogP contribution in [0, 0.1) is 6.92 Å². The Bertz CT molecular complexity index is 466. The van der Waals surface area contributed by atoms with E-state index < -0.39 is 5.97 Å². The minimum absolute atomic E-state index is 0.0411. The molecule has 0 amide bonds. The van der Waals surface area contributed by atoms with Gasteiger partial charge < -0.3 is 9.90 Å².